The second-order valence-electron chi connectivity index (χ2n) is 10.9. The molecule has 3 aromatic rings. The van der Waals surface area contributed by atoms with Crippen molar-refractivity contribution in [2.75, 3.05) is 0 Å². The first-order chi connectivity index (χ1) is 15.7. The number of fused-ring (bicyclic) bond motifs is 5. The van der Waals surface area contributed by atoms with E-state index in [9.17, 15) is 4.79 Å². The quantitative estimate of drug-likeness (QED) is 0.295. The lowest BCUT2D eigenvalue weighted by Crippen LogP contribution is -2.36. The molecule has 33 heavy (non-hydrogen) atoms. The Morgan fingerprint density at radius 3 is 2.36 bits per heavy atom. The maximum Gasteiger partial charge on any atom is 0.308 e. The van der Waals surface area contributed by atoms with Gasteiger partial charge in [-0.1, -0.05) is 61.9 Å². The third-order valence-corrected chi connectivity index (χ3v) is 8.14. The smallest absolute Gasteiger partial charge is 0.308 e. The molecule has 2 aliphatic rings. The molecule has 3 heteroatoms. The van der Waals surface area contributed by atoms with Crippen LogP contribution in [-0.4, -0.2) is 18.2 Å². The number of carbonyl (C=O) groups is 1. The van der Waals surface area contributed by atoms with Gasteiger partial charge in [0.15, 0.2) is 0 Å². The van der Waals surface area contributed by atoms with Gasteiger partial charge in [-0.25, -0.2) is 0 Å². The van der Waals surface area contributed by atoms with Crippen LogP contribution in [0.3, 0.4) is 0 Å². The van der Waals surface area contributed by atoms with Crippen molar-refractivity contribution in [2.24, 2.45) is 17.8 Å². The average Bonchev–Trinajstić information content (AvgIpc) is 3.37. The van der Waals surface area contributed by atoms with Crippen LogP contribution >= 0.6 is 0 Å². The topological polar surface area (TPSA) is 35.5 Å². The molecule has 0 saturated heterocycles. The number of hydrogen-bond acceptors (Lipinski definition) is 3. The predicted octanol–water partition coefficient (Wildman–Crippen LogP) is 7.31. The van der Waals surface area contributed by atoms with E-state index < -0.39 is 0 Å². The first-order valence-corrected chi connectivity index (χ1v) is 12.6. The Balaban J connectivity index is 1.31. The minimum atomic E-state index is -0.367. The van der Waals surface area contributed by atoms with Gasteiger partial charge in [-0.2, -0.15) is 0 Å². The van der Waals surface area contributed by atoms with Crippen LogP contribution in [0.5, 0.6) is 0 Å². The summed E-state index contributed by atoms with van der Waals surface area (Å²) < 4.78 is 12.6. The zero-order valence-corrected chi connectivity index (χ0v) is 20.6. The summed E-state index contributed by atoms with van der Waals surface area (Å²) in [5.74, 6) is 0.877. The zero-order chi connectivity index (χ0) is 23.3. The van der Waals surface area contributed by atoms with Crippen LogP contribution in [-0.2, 0) is 19.9 Å². The Kier molecular flexibility index (Phi) is 5.73. The monoisotopic (exact) mass is 444 g/mol. The third kappa shape index (κ3) is 4.17. The van der Waals surface area contributed by atoms with E-state index >= 15 is 0 Å². The van der Waals surface area contributed by atoms with Crippen LogP contribution in [0, 0.1) is 24.7 Å². The lowest BCUT2D eigenvalue weighted by molar-refractivity contribution is -0.160. The average molecular weight is 445 g/mol. The molecule has 5 rings (SSSR count). The minimum Gasteiger partial charge on any atom is -0.462 e. The largest absolute Gasteiger partial charge is 0.462 e. The van der Waals surface area contributed by atoms with Crippen LogP contribution in [0.2, 0.25) is 0 Å². The summed E-state index contributed by atoms with van der Waals surface area (Å²) >= 11 is 0. The van der Waals surface area contributed by atoms with Gasteiger partial charge in [0.2, 0.25) is 0 Å². The highest BCUT2D eigenvalue weighted by Crippen LogP contribution is 2.49. The van der Waals surface area contributed by atoms with Crippen molar-refractivity contribution < 1.29 is 14.3 Å². The maximum atomic E-state index is 12.3. The Morgan fingerprint density at radius 2 is 1.64 bits per heavy atom. The molecule has 2 bridgehead atoms. The Hall–Kier alpha value is -2.39. The van der Waals surface area contributed by atoms with E-state index in [2.05, 4.69) is 69.3 Å². The number of carbonyl (C=O) groups excluding carboxylic acids is 1. The molecule has 174 valence electrons. The normalized spacial score (nSPS) is 25.6. The predicted molar refractivity (Wildman–Crippen MR) is 134 cm³/mol. The molecule has 0 aliphatic heterocycles. The number of benzene rings is 3. The molecule has 0 aromatic heterocycles. The van der Waals surface area contributed by atoms with Crippen molar-refractivity contribution in [1.29, 1.82) is 0 Å². The highest BCUT2D eigenvalue weighted by atomic mass is 16.5. The standard InChI is InChI=1S/C30H36O3/c1-6-19(3)29(31)32-27-16-23-14-22(27)17-28(23)33-30(4,5)24-11-12-25-21(15-24)10-9-20-8-7-18(2)13-26(20)25/h7-13,15,19,22-23,27-28H,6,14,16-17H2,1-5H3. The molecule has 0 N–H and O–H groups in total. The van der Waals surface area contributed by atoms with Crippen LogP contribution in [0.15, 0.2) is 48.5 Å². The zero-order valence-electron chi connectivity index (χ0n) is 20.6. The van der Waals surface area contributed by atoms with Gasteiger partial charge >= 0.3 is 5.97 Å². The molecule has 0 heterocycles. The van der Waals surface area contributed by atoms with Crippen molar-refractivity contribution in [3.8, 4) is 0 Å². The van der Waals surface area contributed by atoms with Crippen molar-refractivity contribution in [3.05, 3.63) is 59.7 Å². The van der Waals surface area contributed by atoms with E-state index in [1.165, 1.54) is 32.7 Å². The van der Waals surface area contributed by atoms with Gasteiger partial charge in [0.1, 0.15) is 6.10 Å². The second-order valence-corrected chi connectivity index (χ2v) is 10.9. The Morgan fingerprint density at radius 1 is 0.939 bits per heavy atom. The van der Waals surface area contributed by atoms with E-state index in [0.717, 1.165) is 25.7 Å². The Bertz CT molecular complexity index is 1190. The van der Waals surface area contributed by atoms with E-state index in [1.54, 1.807) is 0 Å². The summed E-state index contributed by atoms with van der Waals surface area (Å²) in [4.78, 5) is 12.3. The molecule has 0 radical (unpaired) electrons. The van der Waals surface area contributed by atoms with Gasteiger partial charge in [-0.3, -0.25) is 4.79 Å². The molecule has 0 amide bonds. The van der Waals surface area contributed by atoms with Crippen molar-refractivity contribution >= 4 is 27.5 Å². The van der Waals surface area contributed by atoms with Gasteiger partial charge < -0.3 is 9.47 Å². The number of esters is 1. The molecular formula is C30H36O3. The van der Waals surface area contributed by atoms with Gasteiger partial charge in [-0.05, 0) is 91.5 Å². The number of rotatable bonds is 6. The molecule has 5 unspecified atom stereocenters. The summed E-state index contributed by atoms with van der Waals surface area (Å²) in [5.41, 5.74) is 2.13. The molecule has 0 spiro atoms. The van der Waals surface area contributed by atoms with E-state index in [4.69, 9.17) is 9.47 Å². The van der Waals surface area contributed by atoms with Crippen molar-refractivity contribution in [2.45, 2.75) is 78.1 Å². The first kappa shape index (κ1) is 22.4. The molecule has 2 saturated carbocycles. The molecule has 2 fully saturated rings. The first-order valence-electron chi connectivity index (χ1n) is 12.6. The van der Waals surface area contributed by atoms with Crippen LogP contribution < -0.4 is 0 Å². The van der Waals surface area contributed by atoms with Gasteiger partial charge in [0.05, 0.1) is 17.6 Å². The van der Waals surface area contributed by atoms with E-state index in [0.29, 0.717) is 11.8 Å². The highest BCUT2D eigenvalue weighted by molar-refractivity contribution is 6.07. The minimum absolute atomic E-state index is 0.0101. The van der Waals surface area contributed by atoms with Gasteiger partial charge in [-0.15, -0.1) is 0 Å². The van der Waals surface area contributed by atoms with Crippen molar-refractivity contribution in [1.82, 2.24) is 0 Å². The van der Waals surface area contributed by atoms with Crippen LogP contribution in [0.1, 0.15) is 64.5 Å². The molecule has 3 nitrogen and oxygen atoms in total. The fourth-order valence-corrected chi connectivity index (χ4v) is 5.89. The fraction of sp³-hybridized carbons (Fsp3) is 0.500. The molecule has 2 aliphatic carbocycles. The lowest BCUT2D eigenvalue weighted by Gasteiger charge is -2.35. The van der Waals surface area contributed by atoms with Gasteiger partial charge in [0, 0.05) is 0 Å². The maximum absolute atomic E-state index is 12.3. The molecule has 5 atom stereocenters. The van der Waals surface area contributed by atoms with E-state index in [-0.39, 0.29) is 29.7 Å². The second kappa shape index (κ2) is 8.43. The summed E-state index contributed by atoms with van der Waals surface area (Å²) in [7, 11) is 0. The van der Waals surface area contributed by atoms with Crippen molar-refractivity contribution in [3.63, 3.8) is 0 Å². The lowest BCUT2D eigenvalue weighted by atomic mass is 9.90. The van der Waals surface area contributed by atoms with Crippen LogP contribution in [0.25, 0.3) is 21.5 Å². The summed E-state index contributed by atoms with van der Waals surface area (Å²) in [6, 6.07) is 17.9. The van der Waals surface area contributed by atoms with E-state index in [1.807, 2.05) is 13.8 Å². The fourth-order valence-electron chi connectivity index (χ4n) is 5.89. The third-order valence-electron chi connectivity index (χ3n) is 8.14. The number of aryl methyl sites for hydroxylation is 1. The highest BCUT2D eigenvalue weighted by Gasteiger charge is 2.49. The Labute approximate surface area is 197 Å². The number of ether oxygens (including phenoxy) is 2. The summed E-state index contributed by atoms with van der Waals surface area (Å²) in [6.07, 6.45) is 4.19. The summed E-state index contributed by atoms with van der Waals surface area (Å²) in [5, 5.41) is 5.14. The molecule has 3 aromatic carbocycles. The number of hydrogen-bond donors (Lipinski definition) is 0. The van der Waals surface area contributed by atoms with Crippen LogP contribution in [0.4, 0.5) is 0 Å². The SMILES string of the molecule is CCC(C)C(=O)OC1CC2CC1CC2OC(C)(C)c1ccc2c(ccc3ccc(C)cc32)c1. The summed E-state index contributed by atoms with van der Waals surface area (Å²) in [6.45, 7) is 10.5. The van der Waals surface area contributed by atoms with Gasteiger partial charge in [0.25, 0.3) is 0 Å². The molecular weight excluding hydrogens is 408 g/mol.